The number of rotatable bonds is 7. The molecule has 1 aliphatic heterocycles. The molecular formula is C25H34BrN5O2. The summed E-state index contributed by atoms with van der Waals surface area (Å²) in [7, 11) is 1.66. The first-order valence-corrected chi connectivity index (χ1v) is 12.8. The summed E-state index contributed by atoms with van der Waals surface area (Å²) >= 11 is 3.60. The van der Waals surface area contributed by atoms with Gasteiger partial charge in [0.25, 0.3) is 5.91 Å². The highest BCUT2D eigenvalue weighted by Crippen LogP contribution is 2.36. The van der Waals surface area contributed by atoms with Crippen LogP contribution in [-0.4, -0.2) is 46.6 Å². The number of halogens is 1. The summed E-state index contributed by atoms with van der Waals surface area (Å²) in [4.78, 5) is 22.7. The van der Waals surface area contributed by atoms with Crippen molar-refractivity contribution in [2.45, 2.75) is 65.5 Å². The van der Waals surface area contributed by atoms with Gasteiger partial charge in [-0.25, -0.2) is 0 Å². The molecule has 1 saturated carbocycles. The number of benzene rings is 1. The highest BCUT2D eigenvalue weighted by molar-refractivity contribution is 9.10. The van der Waals surface area contributed by atoms with Gasteiger partial charge >= 0.3 is 0 Å². The Morgan fingerprint density at radius 2 is 1.91 bits per heavy atom. The SMILES string of the molecule is C/C=C1/N(CC)C(=O)c2c(nc(NC3CCCCC3)n2Cc2ccc(OC)c(Br)c2)N1CC. The van der Waals surface area contributed by atoms with Crippen LogP contribution in [0.15, 0.2) is 34.6 Å². The number of nitrogens with one attached hydrogen (secondary N) is 1. The van der Waals surface area contributed by atoms with E-state index in [2.05, 4.69) is 43.7 Å². The Morgan fingerprint density at radius 3 is 2.52 bits per heavy atom. The summed E-state index contributed by atoms with van der Waals surface area (Å²) in [5.41, 5.74) is 1.72. The zero-order valence-corrected chi connectivity index (χ0v) is 21.6. The second-order valence-corrected chi connectivity index (χ2v) is 9.44. The van der Waals surface area contributed by atoms with Gasteiger partial charge in [-0.3, -0.25) is 14.3 Å². The molecule has 1 aromatic carbocycles. The first kappa shape index (κ1) is 23.7. The molecule has 33 heavy (non-hydrogen) atoms. The smallest absolute Gasteiger partial charge is 0.279 e. The summed E-state index contributed by atoms with van der Waals surface area (Å²) < 4.78 is 8.36. The predicted octanol–water partition coefficient (Wildman–Crippen LogP) is 5.61. The maximum Gasteiger partial charge on any atom is 0.279 e. The second-order valence-electron chi connectivity index (χ2n) is 8.58. The summed E-state index contributed by atoms with van der Waals surface area (Å²) in [6.45, 7) is 8.00. The minimum Gasteiger partial charge on any atom is -0.496 e. The summed E-state index contributed by atoms with van der Waals surface area (Å²) in [6, 6.07) is 6.43. The number of nitrogens with zero attached hydrogens (tertiary/aromatic N) is 4. The van der Waals surface area contributed by atoms with E-state index in [-0.39, 0.29) is 5.91 Å². The van der Waals surface area contributed by atoms with Crippen LogP contribution in [0.4, 0.5) is 11.8 Å². The van der Waals surface area contributed by atoms with Crippen molar-refractivity contribution in [3.05, 3.63) is 45.8 Å². The zero-order chi connectivity index (χ0) is 23.5. The van der Waals surface area contributed by atoms with Crippen molar-refractivity contribution in [1.29, 1.82) is 0 Å². The third kappa shape index (κ3) is 4.50. The Morgan fingerprint density at radius 1 is 1.18 bits per heavy atom. The maximum atomic E-state index is 13.7. The number of hydrogen-bond donors (Lipinski definition) is 1. The standard InChI is InChI=1S/C25H34BrN5O2/c1-5-21-29(6-2)23-22(24(32)30(21)7-3)31(16-17-13-14-20(33-4)19(26)15-17)25(28-23)27-18-11-9-8-10-12-18/h5,13-15,18H,6-12,16H2,1-4H3,(H,27,28)/b21-5+. The van der Waals surface area contributed by atoms with E-state index in [4.69, 9.17) is 9.72 Å². The summed E-state index contributed by atoms with van der Waals surface area (Å²) in [5.74, 6) is 3.21. The Kier molecular flexibility index (Phi) is 7.32. The van der Waals surface area contributed by atoms with Crippen LogP contribution in [0.25, 0.3) is 0 Å². The molecule has 0 atom stereocenters. The summed E-state index contributed by atoms with van der Waals surface area (Å²) in [6.07, 6.45) is 8.03. The summed E-state index contributed by atoms with van der Waals surface area (Å²) in [5, 5.41) is 3.69. The van der Waals surface area contributed by atoms with Gasteiger partial charge in [-0.15, -0.1) is 0 Å². The molecule has 178 valence electrons. The molecule has 7 nitrogen and oxygen atoms in total. The third-order valence-electron chi connectivity index (χ3n) is 6.59. The Hall–Kier alpha value is -2.48. The monoisotopic (exact) mass is 515 g/mol. The van der Waals surface area contributed by atoms with Crippen LogP contribution in [0.3, 0.4) is 0 Å². The number of carbonyl (C=O) groups is 1. The van der Waals surface area contributed by atoms with E-state index in [9.17, 15) is 4.79 Å². The molecule has 1 aromatic heterocycles. The molecule has 1 aliphatic carbocycles. The number of allylic oxidation sites excluding steroid dienone is 1. The number of amides is 1. The van der Waals surface area contributed by atoms with Gasteiger partial charge in [0.15, 0.2) is 11.5 Å². The van der Waals surface area contributed by atoms with Crippen LogP contribution in [0.5, 0.6) is 5.75 Å². The number of hydrogen-bond acceptors (Lipinski definition) is 5. The van der Waals surface area contributed by atoms with Crippen LogP contribution in [0, 0.1) is 0 Å². The highest BCUT2D eigenvalue weighted by atomic mass is 79.9. The van der Waals surface area contributed by atoms with Crippen molar-refractivity contribution in [2.75, 3.05) is 30.4 Å². The fourth-order valence-electron chi connectivity index (χ4n) is 4.94. The topological polar surface area (TPSA) is 62.6 Å². The fourth-order valence-corrected chi connectivity index (χ4v) is 5.53. The lowest BCUT2D eigenvalue weighted by molar-refractivity contribution is 0.0788. The van der Waals surface area contributed by atoms with Crippen LogP contribution in [0.1, 0.15) is 68.9 Å². The minimum atomic E-state index is 0.00192. The minimum absolute atomic E-state index is 0.00192. The van der Waals surface area contributed by atoms with Crippen molar-refractivity contribution < 1.29 is 9.53 Å². The van der Waals surface area contributed by atoms with Gasteiger partial charge < -0.3 is 15.0 Å². The van der Waals surface area contributed by atoms with Crippen LogP contribution in [-0.2, 0) is 6.54 Å². The number of carbonyl (C=O) groups excluding carboxylic acids is 1. The largest absolute Gasteiger partial charge is 0.496 e. The van der Waals surface area contributed by atoms with E-state index in [1.54, 1.807) is 7.11 Å². The van der Waals surface area contributed by atoms with Gasteiger partial charge in [0.2, 0.25) is 5.95 Å². The molecule has 1 amide bonds. The average molecular weight is 516 g/mol. The normalized spacial score (nSPS) is 18.1. The lowest BCUT2D eigenvalue weighted by atomic mass is 9.96. The number of anilines is 2. The van der Waals surface area contributed by atoms with Gasteiger partial charge in [-0.05, 0) is 73.3 Å². The zero-order valence-electron chi connectivity index (χ0n) is 20.0. The van der Waals surface area contributed by atoms with E-state index < -0.39 is 0 Å². The first-order chi connectivity index (χ1) is 16.0. The van der Waals surface area contributed by atoms with E-state index in [1.807, 2.05) is 37.0 Å². The molecule has 0 unspecified atom stereocenters. The predicted molar refractivity (Wildman–Crippen MR) is 136 cm³/mol. The first-order valence-electron chi connectivity index (χ1n) is 12.0. The molecule has 1 fully saturated rings. The van der Waals surface area contributed by atoms with Crippen molar-refractivity contribution in [1.82, 2.24) is 14.5 Å². The van der Waals surface area contributed by atoms with Crippen molar-refractivity contribution >= 4 is 33.6 Å². The molecule has 8 heteroatoms. The van der Waals surface area contributed by atoms with Crippen LogP contribution in [0.2, 0.25) is 0 Å². The number of ether oxygens (including phenoxy) is 1. The number of methoxy groups -OCH3 is 1. The van der Waals surface area contributed by atoms with Gasteiger partial charge in [0, 0.05) is 19.1 Å². The Labute approximate surface area is 204 Å². The molecule has 2 heterocycles. The molecule has 1 N–H and O–H groups in total. The maximum absolute atomic E-state index is 13.7. The number of imidazole rings is 1. The number of fused-ring (bicyclic) bond motifs is 1. The van der Waals surface area contributed by atoms with E-state index in [0.717, 1.165) is 52.8 Å². The van der Waals surface area contributed by atoms with E-state index >= 15 is 0 Å². The average Bonchev–Trinajstić information content (AvgIpc) is 3.17. The van der Waals surface area contributed by atoms with Crippen LogP contribution < -0.4 is 15.0 Å². The molecule has 0 bridgehead atoms. The van der Waals surface area contributed by atoms with Gasteiger partial charge in [-0.1, -0.05) is 25.3 Å². The lowest BCUT2D eigenvalue weighted by Crippen LogP contribution is -2.45. The van der Waals surface area contributed by atoms with E-state index in [1.165, 1.54) is 19.3 Å². The molecule has 0 spiro atoms. The van der Waals surface area contributed by atoms with E-state index in [0.29, 0.717) is 24.8 Å². The molecule has 0 saturated heterocycles. The van der Waals surface area contributed by atoms with Crippen molar-refractivity contribution in [3.8, 4) is 5.75 Å². The molecular weight excluding hydrogens is 482 g/mol. The van der Waals surface area contributed by atoms with Crippen LogP contribution >= 0.6 is 15.9 Å². The van der Waals surface area contributed by atoms with Crippen molar-refractivity contribution in [3.63, 3.8) is 0 Å². The quantitative estimate of drug-likeness (QED) is 0.519. The molecule has 2 aromatic rings. The Bertz CT molecular complexity index is 1040. The van der Waals surface area contributed by atoms with Gasteiger partial charge in [-0.2, -0.15) is 4.98 Å². The lowest BCUT2D eigenvalue weighted by Gasteiger charge is -2.37. The fraction of sp³-hybridized carbons (Fsp3) is 0.520. The second kappa shape index (κ2) is 10.2. The highest BCUT2D eigenvalue weighted by Gasteiger charge is 2.38. The molecule has 0 radical (unpaired) electrons. The van der Waals surface area contributed by atoms with Gasteiger partial charge in [0.1, 0.15) is 11.6 Å². The molecule has 4 rings (SSSR count). The number of aromatic nitrogens is 2. The van der Waals surface area contributed by atoms with Crippen molar-refractivity contribution in [2.24, 2.45) is 0 Å². The third-order valence-corrected chi connectivity index (χ3v) is 7.21. The Balaban J connectivity index is 1.81. The molecule has 2 aliphatic rings. The van der Waals surface area contributed by atoms with Gasteiger partial charge in [0.05, 0.1) is 18.1 Å².